The van der Waals surface area contributed by atoms with Gasteiger partial charge in [0.05, 0.1) is 0 Å². The zero-order valence-corrected chi connectivity index (χ0v) is 15.9. The van der Waals surface area contributed by atoms with Crippen LogP contribution in [0.5, 0.6) is 0 Å². The van der Waals surface area contributed by atoms with E-state index < -0.39 is 0 Å². The molecule has 0 aliphatic heterocycles. The summed E-state index contributed by atoms with van der Waals surface area (Å²) in [7, 11) is 0. The highest BCUT2D eigenvalue weighted by atomic mass is 14.7. The van der Waals surface area contributed by atoms with Crippen molar-refractivity contribution < 1.29 is 0 Å². The van der Waals surface area contributed by atoms with Crippen LogP contribution >= 0.6 is 0 Å². The average molecular weight is 296 g/mol. The topological polar surface area (TPSA) is 23.8 Å². The third-order valence-electron chi connectivity index (χ3n) is 5.67. The minimum atomic E-state index is 0.0471. The molecule has 0 radical (unpaired) electrons. The molecular formula is C20H41N-2. The number of hydrogen-bond acceptors (Lipinski definition) is 0. The van der Waals surface area contributed by atoms with Gasteiger partial charge in [-0.25, -0.2) is 0 Å². The SMILES string of the molecule is C[CH-]CCCC(C)C(C(C)[NH-])C(C)C(C(C)C)C(C)CC. The van der Waals surface area contributed by atoms with Crippen molar-refractivity contribution in [3.8, 4) is 0 Å². The van der Waals surface area contributed by atoms with E-state index in [1.54, 1.807) is 0 Å². The fourth-order valence-electron chi connectivity index (χ4n) is 4.61. The second-order valence-electron chi connectivity index (χ2n) is 7.75. The highest BCUT2D eigenvalue weighted by Crippen LogP contribution is 2.40. The fraction of sp³-hybridized carbons (Fsp3) is 0.950. The summed E-state index contributed by atoms with van der Waals surface area (Å²) in [6.45, 7) is 18.5. The van der Waals surface area contributed by atoms with E-state index in [1.165, 1.54) is 25.7 Å². The number of rotatable bonds is 11. The third kappa shape index (κ3) is 6.72. The van der Waals surface area contributed by atoms with Crippen molar-refractivity contribution in [1.82, 2.24) is 0 Å². The predicted molar refractivity (Wildman–Crippen MR) is 97.2 cm³/mol. The van der Waals surface area contributed by atoms with E-state index in [4.69, 9.17) is 5.73 Å². The van der Waals surface area contributed by atoms with Crippen LogP contribution < -0.4 is 0 Å². The molecule has 0 rings (SSSR count). The van der Waals surface area contributed by atoms with Gasteiger partial charge in [0.15, 0.2) is 0 Å². The first-order valence-corrected chi connectivity index (χ1v) is 9.26. The van der Waals surface area contributed by atoms with Crippen molar-refractivity contribution in [3.63, 3.8) is 0 Å². The molecule has 0 aliphatic rings. The Labute approximate surface area is 135 Å². The maximum Gasteiger partial charge on any atom is -0.0337 e. The second kappa shape index (κ2) is 10.6. The summed E-state index contributed by atoms with van der Waals surface area (Å²) in [5, 5.41) is 0. The van der Waals surface area contributed by atoms with E-state index in [-0.39, 0.29) is 6.04 Å². The minimum Gasteiger partial charge on any atom is -0.675 e. The maximum absolute atomic E-state index is 8.40. The Balaban J connectivity index is 4.97. The number of unbranched alkanes of at least 4 members (excludes halogenated alkanes) is 2. The lowest BCUT2D eigenvalue weighted by atomic mass is 9.65. The van der Waals surface area contributed by atoms with Gasteiger partial charge in [0.2, 0.25) is 0 Å². The van der Waals surface area contributed by atoms with Crippen molar-refractivity contribution in [2.75, 3.05) is 0 Å². The molecule has 0 aliphatic carbocycles. The third-order valence-corrected chi connectivity index (χ3v) is 5.67. The first-order chi connectivity index (χ1) is 9.77. The van der Waals surface area contributed by atoms with Crippen molar-refractivity contribution in [2.45, 2.75) is 87.1 Å². The highest BCUT2D eigenvalue weighted by Gasteiger charge is 2.33. The smallest absolute Gasteiger partial charge is 0.0337 e. The molecule has 1 nitrogen and oxygen atoms in total. The van der Waals surface area contributed by atoms with Crippen molar-refractivity contribution in [2.24, 2.45) is 35.5 Å². The molecule has 0 heterocycles. The van der Waals surface area contributed by atoms with E-state index in [9.17, 15) is 0 Å². The lowest BCUT2D eigenvalue weighted by Crippen LogP contribution is -2.37. The normalized spacial score (nSPS) is 20.9. The van der Waals surface area contributed by atoms with Gasteiger partial charge in [-0.05, 0) is 29.6 Å². The predicted octanol–water partition coefficient (Wildman–Crippen LogP) is 7.03. The molecule has 1 heteroatoms. The molecule has 0 saturated heterocycles. The Morgan fingerprint density at radius 3 is 1.86 bits per heavy atom. The number of nitrogens with one attached hydrogen (secondary N) is 1. The van der Waals surface area contributed by atoms with Crippen LogP contribution in [0.1, 0.15) is 81.1 Å². The standard InChI is InChI=1S/C20H41N/c1-9-11-12-13-16(6)20(18(8)21)17(7)19(14(3)4)15(5)10-2/h9,14-21H,10-13H2,1-8H3/q-2. The molecule has 1 N–H and O–H groups in total. The molecule has 0 aromatic heterocycles. The molecular weight excluding hydrogens is 254 g/mol. The summed E-state index contributed by atoms with van der Waals surface area (Å²) in [6, 6.07) is 0.0471. The van der Waals surface area contributed by atoms with Gasteiger partial charge in [0, 0.05) is 0 Å². The number of hydrogen-bond donors (Lipinski definition) is 0. The summed E-state index contributed by atoms with van der Waals surface area (Å²) in [4.78, 5) is 0. The van der Waals surface area contributed by atoms with Gasteiger partial charge in [-0.2, -0.15) is 13.3 Å². The molecule has 21 heavy (non-hydrogen) atoms. The van der Waals surface area contributed by atoms with E-state index in [0.29, 0.717) is 23.7 Å². The van der Waals surface area contributed by atoms with Crippen LogP contribution in [0.25, 0.3) is 5.73 Å². The Morgan fingerprint density at radius 2 is 1.48 bits per heavy atom. The van der Waals surface area contributed by atoms with Gasteiger partial charge in [-0.15, -0.1) is 6.04 Å². The van der Waals surface area contributed by atoms with Crippen LogP contribution in [-0.2, 0) is 0 Å². The molecule has 128 valence electrons. The summed E-state index contributed by atoms with van der Waals surface area (Å²) in [6.07, 6.45) is 7.30. The van der Waals surface area contributed by atoms with Crippen molar-refractivity contribution >= 4 is 0 Å². The Bertz CT molecular complexity index is 246. The van der Waals surface area contributed by atoms with Crippen LogP contribution in [0.4, 0.5) is 0 Å². The van der Waals surface area contributed by atoms with Gasteiger partial charge in [-0.1, -0.05) is 73.6 Å². The Morgan fingerprint density at radius 1 is 0.905 bits per heavy atom. The Kier molecular flexibility index (Phi) is 10.6. The molecule has 0 aromatic rings. The van der Waals surface area contributed by atoms with E-state index in [2.05, 4.69) is 61.8 Å². The lowest BCUT2D eigenvalue weighted by Gasteiger charge is -2.44. The summed E-state index contributed by atoms with van der Waals surface area (Å²) in [5.74, 6) is 4.06. The van der Waals surface area contributed by atoms with Crippen LogP contribution in [0.2, 0.25) is 0 Å². The summed E-state index contributed by atoms with van der Waals surface area (Å²) in [5.41, 5.74) is 8.40. The van der Waals surface area contributed by atoms with E-state index >= 15 is 0 Å². The largest absolute Gasteiger partial charge is 0.675 e. The van der Waals surface area contributed by atoms with Gasteiger partial charge in [0.25, 0.3) is 0 Å². The molecule has 6 atom stereocenters. The van der Waals surface area contributed by atoms with Crippen LogP contribution in [0.15, 0.2) is 0 Å². The quantitative estimate of drug-likeness (QED) is 0.288. The Hall–Kier alpha value is -0.0400. The van der Waals surface area contributed by atoms with Crippen LogP contribution in [-0.4, -0.2) is 6.04 Å². The molecule has 0 amide bonds. The zero-order chi connectivity index (χ0) is 16.6. The fourth-order valence-corrected chi connectivity index (χ4v) is 4.61. The van der Waals surface area contributed by atoms with Gasteiger partial charge < -0.3 is 12.2 Å². The molecule has 0 spiro atoms. The van der Waals surface area contributed by atoms with E-state index in [1.807, 2.05) is 0 Å². The lowest BCUT2D eigenvalue weighted by molar-refractivity contribution is 0.0930. The van der Waals surface area contributed by atoms with Crippen LogP contribution in [0, 0.1) is 41.9 Å². The highest BCUT2D eigenvalue weighted by molar-refractivity contribution is 4.90. The first kappa shape index (κ1) is 21.0. The summed E-state index contributed by atoms with van der Waals surface area (Å²) >= 11 is 0. The zero-order valence-electron chi connectivity index (χ0n) is 15.9. The maximum atomic E-state index is 8.40. The van der Waals surface area contributed by atoms with Crippen molar-refractivity contribution in [1.29, 1.82) is 0 Å². The first-order valence-electron chi connectivity index (χ1n) is 9.26. The molecule has 6 unspecified atom stereocenters. The van der Waals surface area contributed by atoms with E-state index in [0.717, 1.165) is 11.8 Å². The van der Waals surface area contributed by atoms with Gasteiger partial charge in [-0.3, -0.25) is 0 Å². The minimum absolute atomic E-state index is 0.0471. The second-order valence-corrected chi connectivity index (χ2v) is 7.75. The van der Waals surface area contributed by atoms with Crippen molar-refractivity contribution in [3.05, 3.63) is 12.2 Å². The van der Waals surface area contributed by atoms with Crippen LogP contribution in [0.3, 0.4) is 0 Å². The molecule has 0 fully saturated rings. The molecule has 0 aromatic carbocycles. The van der Waals surface area contributed by atoms with Gasteiger partial charge in [0.1, 0.15) is 0 Å². The average Bonchev–Trinajstić information content (AvgIpc) is 2.38. The molecule has 0 saturated carbocycles. The van der Waals surface area contributed by atoms with Gasteiger partial charge >= 0.3 is 0 Å². The molecule has 0 bridgehead atoms. The monoisotopic (exact) mass is 295 g/mol. The summed E-state index contributed by atoms with van der Waals surface area (Å²) < 4.78 is 0.